The van der Waals surface area contributed by atoms with Gasteiger partial charge in [0, 0.05) is 29.5 Å². The zero-order valence-electron chi connectivity index (χ0n) is 12.6. The summed E-state index contributed by atoms with van der Waals surface area (Å²) in [6.07, 6.45) is 0. The number of halogens is 1. The SMILES string of the molecule is CCN(c1ccc(F)cc1)c1cccc(OC)c1[C@@H](C)N. The molecule has 112 valence electrons. The Morgan fingerprint density at radius 3 is 2.38 bits per heavy atom. The number of nitrogens with two attached hydrogens (primary N) is 1. The van der Waals surface area contributed by atoms with Crippen molar-refractivity contribution in [1.29, 1.82) is 0 Å². The molecule has 0 amide bonds. The van der Waals surface area contributed by atoms with Gasteiger partial charge in [-0.25, -0.2) is 4.39 Å². The molecule has 0 saturated heterocycles. The minimum atomic E-state index is -0.243. The fraction of sp³-hybridized carbons (Fsp3) is 0.294. The highest BCUT2D eigenvalue weighted by molar-refractivity contribution is 5.69. The zero-order chi connectivity index (χ0) is 15.4. The van der Waals surface area contributed by atoms with Crippen LogP contribution in [-0.4, -0.2) is 13.7 Å². The first-order valence-electron chi connectivity index (χ1n) is 7.04. The van der Waals surface area contributed by atoms with E-state index in [0.717, 1.165) is 29.2 Å². The normalized spacial score (nSPS) is 12.0. The lowest BCUT2D eigenvalue weighted by molar-refractivity contribution is 0.407. The Balaban J connectivity index is 2.54. The number of methoxy groups -OCH3 is 1. The summed E-state index contributed by atoms with van der Waals surface area (Å²) < 4.78 is 18.6. The second-order valence-corrected chi connectivity index (χ2v) is 4.90. The lowest BCUT2D eigenvalue weighted by Gasteiger charge is -2.28. The summed E-state index contributed by atoms with van der Waals surface area (Å²) in [5, 5.41) is 0. The van der Waals surface area contributed by atoms with Crippen LogP contribution in [0.15, 0.2) is 42.5 Å². The van der Waals surface area contributed by atoms with Gasteiger partial charge in [0.1, 0.15) is 11.6 Å². The standard InChI is InChI=1S/C17H21FN2O/c1-4-20(14-10-8-13(18)9-11-14)15-6-5-7-16(21-3)17(15)12(2)19/h5-12H,4,19H2,1-3H3/t12-/m1/s1. The Morgan fingerprint density at radius 1 is 1.19 bits per heavy atom. The number of hydrogen-bond donors (Lipinski definition) is 1. The number of rotatable bonds is 5. The third kappa shape index (κ3) is 3.16. The second-order valence-electron chi connectivity index (χ2n) is 4.90. The fourth-order valence-electron chi connectivity index (χ4n) is 2.52. The molecule has 2 rings (SSSR count). The van der Waals surface area contributed by atoms with Crippen LogP contribution in [0, 0.1) is 5.82 Å². The molecule has 0 bridgehead atoms. The Bertz CT molecular complexity index is 596. The van der Waals surface area contributed by atoms with Crippen LogP contribution in [0.5, 0.6) is 5.75 Å². The molecule has 3 nitrogen and oxygen atoms in total. The van der Waals surface area contributed by atoms with Crippen molar-refractivity contribution >= 4 is 11.4 Å². The van der Waals surface area contributed by atoms with Crippen molar-refractivity contribution in [2.24, 2.45) is 5.73 Å². The lowest BCUT2D eigenvalue weighted by Crippen LogP contribution is -2.20. The maximum absolute atomic E-state index is 13.1. The van der Waals surface area contributed by atoms with Crippen LogP contribution in [0.4, 0.5) is 15.8 Å². The third-order valence-electron chi connectivity index (χ3n) is 3.46. The highest BCUT2D eigenvalue weighted by Gasteiger charge is 2.18. The largest absolute Gasteiger partial charge is 0.496 e. The molecule has 0 fully saturated rings. The number of anilines is 2. The van der Waals surface area contributed by atoms with Gasteiger partial charge >= 0.3 is 0 Å². The Hall–Kier alpha value is -2.07. The number of nitrogens with zero attached hydrogens (tertiary/aromatic N) is 1. The highest BCUT2D eigenvalue weighted by atomic mass is 19.1. The molecule has 21 heavy (non-hydrogen) atoms. The van der Waals surface area contributed by atoms with Gasteiger partial charge in [-0.2, -0.15) is 0 Å². The summed E-state index contributed by atoms with van der Waals surface area (Å²) in [5.74, 6) is 0.524. The number of ether oxygens (including phenoxy) is 1. The number of hydrogen-bond acceptors (Lipinski definition) is 3. The molecule has 0 aliphatic carbocycles. The minimum absolute atomic E-state index is 0.161. The summed E-state index contributed by atoms with van der Waals surface area (Å²) >= 11 is 0. The predicted molar refractivity (Wildman–Crippen MR) is 84.7 cm³/mol. The predicted octanol–water partition coefficient (Wildman–Crippen LogP) is 4.01. The maximum atomic E-state index is 13.1. The van der Waals surface area contributed by atoms with E-state index >= 15 is 0 Å². The van der Waals surface area contributed by atoms with E-state index in [1.54, 1.807) is 19.2 Å². The van der Waals surface area contributed by atoms with Crippen molar-refractivity contribution in [3.05, 3.63) is 53.8 Å². The van der Waals surface area contributed by atoms with Crippen LogP contribution in [-0.2, 0) is 0 Å². The van der Waals surface area contributed by atoms with Gasteiger partial charge in [-0.1, -0.05) is 6.07 Å². The number of benzene rings is 2. The molecule has 2 aromatic rings. The molecular formula is C17H21FN2O. The smallest absolute Gasteiger partial charge is 0.125 e. The van der Waals surface area contributed by atoms with Crippen LogP contribution < -0.4 is 15.4 Å². The van der Waals surface area contributed by atoms with Gasteiger partial charge in [0.15, 0.2) is 0 Å². The topological polar surface area (TPSA) is 38.5 Å². The monoisotopic (exact) mass is 288 g/mol. The summed E-state index contributed by atoms with van der Waals surface area (Å²) in [4.78, 5) is 2.10. The summed E-state index contributed by atoms with van der Waals surface area (Å²) in [7, 11) is 1.64. The van der Waals surface area contributed by atoms with Gasteiger partial charge in [-0.05, 0) is 50.2 Å². The second kappa shape index (κ2) is 6.59. The zero-order valence-corrected chi connectivity index (χ0v) is 12.6. The molecule has 0 radical (unpaired) electrons. The van der Waals surface area contributed by atoms with Crippen molar-refractivity contribution in [2.45, 2.75) is 19.9 Å². The Kier molecular flexibility index (Phi) is 4.81. The average molecular weight is 288 g/mol. The Morgan fingerprint density at radius 2 is 1.86 bits per heavy atom. The lowest BCUT2D eigenvalue weighted by atomic mass is 10.0. The molecule has 2 N–H and O–H groups in total. The molecule has 0 aliphatic rings. The molecule has 0 aliphatic heterocycles. The fourth-order valence-corrected chi connectivity index (χ4v) is 2.52. The maximum Gasteiger partial charge on any atom is 0.125 e. The molecule has 1 atom stereocenters. The van der Waals surface area contributed by atoms with Gasteiger partial charge in [0.05, 0.1) is 7.11 Å². The first-order valence-corrected chi connectivity index (χ1v) is 7.04. The average Bonchev–Trinajstić information content (AvgIpc) is 2.49. The van der Waals surface area contributed by atoms with E-state index in [1.807, 2.05) is 32.0 Å². The first-order chi connectivity index (χ1) is 10.1. The highest BCUT2D eigenvalue weighted by Crippen LogP contribution is 2.36. The first kappa shape index (κ1) is 15.3. The van der Waals surface area contributed by atoms with E-state index < -0.39 is 0 Å². The van der Waals surface area contributed by atoms with Crippen LogP contribution in [0.1, 0.15) is 25.5 Å². The van der Waals surface area contributed by atoms with E-state index in [1.165, 1.54) is 12.1 Å². The molecule has 0 saturated carbocycles. The van der Waals surface area contributed by atoms with Crippen LogP contribution in [0.2, 0.25) is 0 Å². The van der Waals surface area contributed by atoms with E-state index in [0.29, 0.717) is 0 Å². The molecule has 2 aromatic carbocycles. The van der Waals surface area contributed by atoms with Gasteiger partial charge in [0.2, 0.25) is 0 Å². The Labute approximate surface area is 125 Å². The van der Waals surface area contributed by atoms with E-state index in [4.69, 9.17) is 10.5 Å². The van der Waals surface area contributed by atoms with Crippen molar-refractivity contribution in [2.75, 3.05) is 18.6 Å². The van der Waals surface area contributed by atoms with Crippen molar-refractivity contribution in [1.82, 2.24) is 0 Å². The molecular weight excluding hydrogens is 267 g/mol. The van der Waals surface area contributed by atoms with Crippen molar-refractivity contribution in [3.63, 3.8) is 0 Å². The van der Waals surface area contributed by atoms with Crippen molar-refractivity contribution in [3.8, 4) is 5.75 Å². The van der Waals surface area contributed by atoms with Crippen molar-refractivity contribution < 1.29 is 9.13 Å². The van der Waals surface area contributed by atoms with Crippen LogP contribution in [0.25, 0.3) is 0 Å². The van der Waals surface area contributed by atoms with Gasteiger partial charge in [0.25, 0.3) is 0 Å². The van der Waals surface area contributed by atoms with Crippen LogP contribution in [0.3, 0.4) is 0 Å². The minimum Gasteiger partial charge on any atom is -0.496 e. The summed E-state index contributed by atoms with van der Waals surface area (Å²) in [6.45, 7) is 4.73. The van der Waals surface area contributed by atoms with Gasteiger partial charge in [-0.15, -0.1) is 0 Å². The van der Waals surface area contributed by atoms with Crippen LogP contribution >= 0.6 is 0 Å². The van der Waals surface area contributed by atoms with E-state index in [-0.39, 0.29) is 11.9 Å². The summed E-state index contributed by atoms with van der Waals surface area (Å²) in [5.41, 5.74) is 8.98. The molecule has 0 spiro atoms. The molecule has 0 aromatic heterocycles. The summed E-state index contributed by atoms with van der Waals surface area (Å²) in [6, 6.07) is 12.1. The molecule has 0 unspecified atom stereocenters. The van der Waals surface area contributed by atoms with Gasteiger partial charge < -0.3 is 15.4 Å². The molecule has 0 heterocycles. The van der Waals surface area contributed by atoms with E-state index in [2.05, 4.69) is 4.90 Å². The van der Waals surface area contributed by atoms with E-state index in [9.17, 15) is 4.39 Å². The quantitative estimate of drug-likeness (QED) is 0.903. The molecule has 4 heteroatoms. The third-order valence-corrected chi connectivity index (χ3v) is 3.46. The van der Waals surface area contributed by atoms with Gasteiger partial charge in [-0.3, -0.25) is 0 Å².